The fourth-order valence-corrected chi connectivity index (χ4v) is 3.82. The molecule has 12 nitrogen and oxygen atoms in total. The van der Waals surface area contributed by atoms with Crippen LogP contribution >= 0.6 is 0 Å². The minimum Gasteiger partial charge on any atom is -0.480 e. The molecule has 0 amide bonds. The van der Waals surface area contributed by atoms with Crippen LogP contribution < -0.4 is 0 Å². The largest absolute Gasteiger partial charge is 0.480 e. The number of carbonyl (C=O) groups is 4. The SMILES string of the molecule is C[C@H]1CCN(CC(=O)O)CCN(CC(=O)O)[C@@H](C)CCN(CC(=O)O)CCN1CC(=O)O. The van der Waals surface area contributed by atoms with Crippen molar-refractivity contribution in [3.63, 3.8) is 0 Å². The van der Waals surface area contributed by atoms with Gasteiger partial charge in [0.25, 0.3) is 0 Å². The summed E-state index contributed by atoms with van der Waals surface area (Å²) in [5.41, 5.74) is 0. The number of hydrogen-bond acceptors (Lipinski definition) is 8. The Morgan fingerprint density at radius 1 is 0.562 bits per heavy atom. The average Bonchev–Trinajstić information content (AvgIpc) is 2.67. The molecular weight excluding hydrogens is 424 g/mol. The van der Waals surface area contributed by atoms with Gasteiger partial charge in [-0.05, 0) is 26.7 Å². The minimum atomic E-state index is -0.983. The van der Waals surface area contributed by atoms with Gasteiger partial charge in [0, 0.05) is 51.4 Å². The van der Waals surface area contributed by atoms with Crippen molar-refractivity contribution in [3.8, 4) is 0 Å². The first kappa shape index (κ1) is 27.8. The van der Waals surface area contributed by atoms with Gasteiger partial charge in [-0.2, -0.15) is 0 Å². The van der Waals surface area contributed by atoms with Gasteiger partial charge in [0.1, 0.15) is 0 Å². The van der Waals surface area contributed by atoms with Crippen LogP contribution in [0.3, 0.4) is 0 Å². The molecule has 1 heterocycles. The highest BCUT2D eigenvalue weighted by atomic mass is 16.4. The van der Waals surface area contributed by atoms with E-state index in [0.29, 0.717) is 52.1 Å². The Balaban J connectivity index is 3.07. The van der Waals surface area contributed by atoms with Gasteiger partial charge in [0.2, 0.25) is 0 Å². The lowest BCUT2D eigenvalue weighted by atomic mass is 10.1. The number of carboxylic acid groups (broad SMARTS) is 4. The smallest absolute Gasteiger partial charge is 0.317 e. The standard InChI is InChI=1S/C20H36N4O8/c1-15-3-5-21(11-17(25)26)8-10-24(14-20(31)32)16(2)4-6-22(12-18(27)28)7-9-23(15)13-19(29)30/h15-16H,3-14H2,1-2H3,(H,25,26)(H,27,28)(H,29,30)(H,31,32)/t15-,16-/m0/s1. The summed E-state index contributed by atoms with van der Waals surface area (Å²) in [6, 6.07) is -0.322. The summed E-state index contributed by atoms with van der Waals surface area (Å²) in [5.74, 6) is -3.93. The Labute approximate surface area is 188 Å². The van der Waals surface area contributed by atoms with Crippen molar-refractivity contribution >= 4 is 23.9 Å². The first-order chi connectivity index (χ1) is 15.0. The van der Waals surface area contributed by atoms with Crippen LogP contribution in [-0.2, 0) is 19.2 Å². The summed E-state index contributed by atoms with van der Waals surface area (Å²) in [4.78, 5) is 52.3. The van der Waals surface area contributed by atoms with Crippen molar-refractivity contribution in [1.29, 1.82) is 0 Å². The molecule has 1 fully saturated rings. The van der Waals surface area contributed by atoms with Crippen molar-refractivity contribution in [3.05, 3.63) is 0 Å². The van der Waals surface area contributed by atoms with Gasteiger partial charge in [0.05, 0.1) is 26.2 Å². The first-order valence-electron chi connectivity index (χ1n) is 10.8. The molecular formula is C20H36N4O8. The van der Waals surface area contributed by atoms with E-state index in [4.69, 9.17) is 0 Å². The number of rotatable bonds is 8. The lowest BCUT2D eigenvalue weighted by molar-refractivity contribution is -0.141. The highest BCUT2D eigenvalue weighted by Gasteiger charge is 2.24. The van der Waals surface area contributed by atoms with Gasteiger partial charge < -0.3 is 20.4 Å². The topological polar surface area (TPSA) is 162 Å². The van der Waals surface area contributed by atoms with Crippen LogP contribution in [0.15, 0.2) is 0 Å². The summed E-state index contributed by atoms with van der Waals surface area (Å²) < 4.78 is 0. The third-order valence-corrected chi connectivity index (χ3v) is 5.77. The van der Waals surface area contributed by atoms with Crippen molar-refractivity contribution in [2.75, 3.05) is 65.4 Å². The lowest BCUT2D eigenvalue weighted by Crippen LogP contribution is -2.48. The second-order valence-corrected chi connectivity index (χ2v) is 8.34. The average molecular weight is 461 g/mol. The Bertz CT molecular complexity index is 593. The van der Waals surface area contributed by atoms with Gasteiger partial charge in [-0.15, -0.1) is 0 Å². The van der Waals surface area contributed by atoms with Crippen LogP contribution in [0.2, 0.25) is 0 Å². The number of aliphatic carboxylic acids is 4. The van der Waals surface area contributed by atoms with E-state index in [1.165, 1.54) is 0 Å². The Morgan fingerprint density at radius 3 is 1.16 bits per heavy atom. The van der Waals surface area contributed by atoms with Gasteiger partial charge in [-0.1, -0.05) is 0 Å². The van der Waals surface area contributed by atoms with Crippen molar-refractivity contribution < 1.29 is 39.6 Å². The second-order valence-electron chi connectivity index (χ2n) is 8.34. The minimum absolute atomic E-state index is 0.161. The molecule has 0 saturated carbocycles. The number of carboxylic acids is 4. The van der Waals surface area contributed by atoms with Crippen LogP contribution in [0, 0.1) is 0 Å². The Morgan fingerprint density at radius 2 is 0.875 bits per heavy atom. The molecule has 184 valence electrons. The molecule has 0 unspecified atom stereocenters. The fraction of sp³-hybridized carbons (Fsp3) is 0.800. The van der Waals surface area contributed by atoms with Crippen LogP contribution in [0.4, 0.5) is 0 Å². The third-order valence-electron chi connectivity index (χ3n) is 5.77. The van der Waals surface area contributed by atoms with Gasteiger partial charge in [0.15, 0.2) is 0 Å². The van der Waals surface area contributed by atoms with Crippen LogP contribution in [0.5, 0.6) is 0 Å². The van der Waals surface area contributed by atoms with E-state index in [9.17, 15) is 39.6 Å². The summed E-state index contributed by atoms with van der Waals surface area (Å²) in [7, 11) is 0. The summed E-state index contributed by atoms with van der Waals surface area (Å²) in [6.07, 6.45) is 1.04. The summed E-state index contributed by atoms with van der Waals surface area (Å²) >= 11 is 0. The molecule has 2 atom stereocenters. The molecule has 0 spiro atoms. The zero-order chi connectivity index (χ0) is 24.3. The Kier molecular flexibility index (Phi) is 12.1. The van der Waals surface area contributed by atoms with Crippen molar-refractivity contribution in [2.45, 2.75) is 38.8 Å². The third kappa shape index (κ3) is 11.4. The van der Waals surface area contributed by atoms with E-state index in [2.05, 4.69) is 0 Å². The molecule has 1 saturated heterocycles. The molecule has 4 N–H and O–H groups in total. The molecule has 1 rings (SSSR count). The highest BCUT2D eigenvalue weighted by molar-refractivity contribution is 5.70. The maximum Gasteiger partial charge on any atom is 0.317 e. The predicted octanol–water partition coefficient (Wildman–Crippen LogP) is -0.896. The fourth-order valence-electron chi connectivity index (χ4n) is 3.82. The van der Waals surface area contributed by atoms with Crippen LogP contribution in [-0.4, -0.2) is 141 Å². The van der Waals surface area contributed by atoms with Crippen molar-refractivity contribution in [2.24, 2.45) is 0 Å². The summed E-state index contributed by atoms with van der Waals surface area (Å²) in [5, 5.41) is 37.1. The molecule has 0 bridgehead atoms. The molecule has 0 aliphatic carbocycles. The molecule has 0 aromatic carbocycles. The molecule has 12 heteroatoms. The van der Waals surface area contributed by atoms with E-state index in [-0.39, 0.29) is 38.3 Å². The lowest BCUT2D eigenvalue weighted by Gasteiger charge is -2.35. The molecule has 1 aliphatic rings. The van der Waals surface area contributed by atoms with Crippen molar-refractivity contribution in [1.82, 2.24) is 19.6 Å². The Hall–Kier alpha value is -2.28. The van der Waals surface area contributed by atoms with E-state index in [1.54, 1.807) is 19.6 Å². The highest BCUT2D eigenvalue weighted by Crippen LogP contribution is 2.11. The quantitative estimate of drug-likeness (QED) is 0.354. The molecule has 1 aliphatic heterocycles. The molecule has 0 aromatic heterocycles. The first-order valence-corrected chi connectivity index (χ1v) is 10.8. The zero-order valence-corrected chi connectivity index (χ0v) is 18.9. The summed E-state index contributed by atoms with van der Waals surface area (Å²) in [6.45, 7) is 5.23. The maximum atomic E-state index is 11.3. The van der Waals surface area contributed by atoms with Gasteiger partial charge >= 0.3 is 23.9 Å². The van der Waals surface area contributed by atoms with E-state index < -0.39 is 23.9 Å². The normalized spacial score (nSPS) is 23.9. The van der Waals surface area contributed by atoms with Gasteiger partial charge in [-0.3, -0.25) is 38.8 Å². The van der Waals surface area contributed by atoms with E-state index >= 15 is 0 Å². The van der Waals surface area contributed by atoms with Crippen LogP contribution in [0.1, 0.15) is 26.7 Å². The zero-order valence-electron chi connectivity index (χ0n) is 18.9. The molecule has 32 heavy (non-hydrogen) atoms. The second kappa shape index (κ2) is 14.0. The van der Waals surface area contributed by atoms with E-state index in [0.717, 1.165) is 0 Å². The van der Waals surface area contributed by atoms with Crippen LogP contribution in [0.25, 0.3) is 0 Å². The number of hydrogen-bond donors (Lipinski definition) is 4. The molecule has 0 aromatic rings. The molecule has 0 radical (unpaired) electrons. The monoisotopic (exact) mass is 460 g/mol. The predicted molar refractivity (Wildman–Crippen MR) is 115 cm³/mol. The maximum absolute atomic E-state index is 11.3. The van der Waals surface area contributed by atoms with E-state index in [1.807, 2.05) is 13.8 Å². The number of nitrogens with zero attached hydrogens (tertiary/aromatic N) is 4. The van der Waals surface area contributed by atoms with Gasteiger partial charge in [-0.25, -0.2) is 0 Å².